The van der Waals surface area contributed by atoms with Crippen molar-refractivity contribution in [1.29, 1.82) is 0 Å². The molecule has 8 heteroatoms. The van der Waals surface area contributed by atoms with Gasteiger partial charge in [0.25, 0.3) is 0 Å². The van der Waals surface area contributed by atoms with Crippen molar-refractivity contribution in [2.75, 3.05) is 6.54 Å². The molecule has 0 fully saturated rings. The predicted octanol–water partition coefficient (Wildman–Crippen LogP) is 3.70. The lowest BCUT2D eigenvalue weighted by Gasteiger charge is -2.18. The summed E-state index contributed by atoms with van der Waals surface area (Å²) in [4.78, 5) is 16.1. The number of benzene rings is 2. The molecule has 3 aromatic rings. The molecule has 154 valence electrons. The molecule has 2 aromatic carbocycles. The van der Waals surface area contributed by atoms with Crippen LogP contribution >= 0.6 is 0 Å². The first-order valence-corrected chi connectivity index (χ1v) is 10.5. The van der Waals surface area contributed by atoms with Crippen LogP contribution in [0.1, 0.15) is 16.4 Å². The molecule has 1 unspecified atom stereocenters. The highest BCUT2D eigenvalue weighted by atomic mass is 32.2. The molecule has 0 aliphatic rings. The third-order valence-corrected chi connectivity index (χ3v) is 6.45. The Kier molecular flexibility index (Phi) is 6.68. The predicted molar refractivity (Wildman–Crippen MR) is 109 cm³/mol. The maximum atomic E-state index is 13.2. The van der Waals surface area contributed by atoms with Crippen LogP contribution in [0.3, 0.4) is 0 Å². The van der Waals surface area contributed by atoms with Crippen LogP contribution in [0.25, 0.3) is 6.08 Å². The summed E-state index contributed by atoms with van der Waals surface area (Å²) < 4.78 is 52.4. The van der Waals surface area contributed by atoms with Gasteiger partial charge >= 0.3 is 0 Å². The van der Waals surface area contributed by atoms with Crippen molar-refractivity contribution in [2.45, 2.75) is 10.1 Å². The number of halogens is 2. The van der Waals surface area contributed by atoms with Crippen LogP contribution in [0.15, 0.2) is 84.0 Å². The minimum Gasteiger partial charge on any atom is -0.351 e. The minimum atomic E-state index is -3.93. The molecule has 3 rings (SSSR count). The van der Waals surface area contributed by atoms with E-state index in [9.17, 15) is 22.0 Å². The number of sulfone groups is 1. The lowest BCUT2D eigenvalue weighted by Crippen LogP contribution is -2.31. The fraction of sp³-hybridized carbons (Fsp3) is 0.0909. The molecule has 1 atom stereocenters. The SMILES string of the molecule is O=C(/C=C/c1ccc(F)cc1)NCC(c1cccnc1)S(=O)(=O)c1ccc(F)cc1. The van der Waals surface area contributed by atoms with Crippen LogP contribution in [0.5, 0.6) is 0 Å². The van der Waals surface area contributed by atoms with E-state index in [2.05, 4.69) is 10.3 Å². The molecule has 0 aliphatic heterocycles. The number of pyridine rings is 1. The molecule has 30 heavy (non-hydrogen) atoms. The number of amides is 1. The number of nitrogens with zero attached hydrogens (tertiary/aromatic N) is 1. The van der Waals surface area contributed by atoms with Crippen LogP contribution in [0.4, 0.5) is 8.78 Å². The number of hydrogen-bond donors (Lipinski definition) is 1. The van der Waals surface area contributed by atoms with Gasteiger partial charge in [-0.2, -0.15) is 0 Å². The van der Waals surface area contributed by atoms with Gasteiger partial charge in [-0.1, -0.05) is 18.2 Å². The Morgan fingerprint density at radius 1 is 1.00 bits per heavy atom. The highest BCUT2D eigenvalue weighted by Gasteiger charge is 2.29. The van der Waals surface area contributed by atoms with Crippen molar-refractivity contribution in [3.8, 4) is 0 Å². The lowest BCUT2D eigenvalue weighted by atomic mass is 10.2. The molecule has 0 saturated carbocycles. The van der Waals surface area contributed by atoms with Crippen molar-refractivity contribution in [1.82, 2.24) is 10.3 Å². The number of carbonyl (C=O) groups excluding carboxylic acids is 1. The van der Waals surface area contributed by atoms with Gasteiger partial charge in [-0.3, -0.25) is 9.78 Å². The Labute approximate surface area is 173 Å². The fourth-order valence-corrected chi connectivity index (χ4v) is 4.40. The average Bonchev–Trinajstić information content (AvgIpc) is 2.74. The topological polar surface area (TPSA) is 76.1 Å². The summed E-state index contributed by atoms with van der Waals surface area (Å²) in [5.74, 6) is -1.45. The van der Waals surface area contributed by atoms with Crippen LogP contribution in [-0.2, 0) is 14.6 Å². The van der Waals surface area contributed by atoms with E-state index >= 15 is 0 Å². The second-order valence-corrected chi connectivity index (χ2v) is 8.53. The standard InChI is InChI=1S/C22H18F2N2O3S/c23-18-6-3-16(4-7-18)5-12-22(27)26-15-21(17-2-1-13-25-14-17)30(28,29)20-10-8-19(24)9-11-20/h1-14,21H,15H2,(H,26,27)/b12-5+. The molecule has 1 aromatic heterocycles. The summed E-state index contributed by atoms with van der Waals surface area (Å²) in [6, 6.07) is 13.3. The third kappa shape index (κ3) is 5.36. The van der Waals surface area contributed by atoms with Crippen LogP contribution in [0.2, 0.25) is 0 Å². The smallest absolute Gasteiger partial charge is 0.244 e. The van der Waals surface area contributed by atoms with Gasteiger partial charge in [-0.05, 0) is 59.7 Å². The second kappa shape index (κ2) is 9.41. The van der Waals surface area contributed by atoms with E-state index in [4.69, 9.17) is 0 Å². The first-order chi connectivity index (χ1) is 14.4. The van der Waals surface area contributed by atoms with Crippen LogP contribution in [0, 0.1) is 11.6 Å². The first-order valence-electron chi connectivity index (χ1n) is 8.97. The third-order valence-electron chi connectivity index (χ3n) is 4.33. The van der Waals surface area contributed by atoms with E-state index < -0.39 is 26.8 Å². The van der Waals surface area contributed by atoms with E-state index in [1.807, 2.05) is 0 Å². The fourth-order valence-electron chi connectivity index (χ4n) is 2.76. The van der Waals surface area contributed by atoms with Crippen molar-refractivity contribution < 1.29 is 22.0 Å². The van der Waals surface area contributed by atoms with Crippen molar-refractivity contribution in [2.24, 2.45) is 0 Å². The monoisotopic (exact) mass is 428 g/mol. The van der Waals surface area contributed by atoms with Crippen LogP contribution < -0.4 is 5.32 Å². The zero-order chi connectivity index (χ0) is 21.6. The molecule has 0 radical (unpaired) electrons. The Balaban J connectivity index is 1.79. The normalized spacial score (nSPS) is 12.6. The summed E-state index contributed by atoms with van der Waals surface area (Å²) in [5.41, 5.74) is 1.01. The molecule has 0 aliphatic carbocycles. The molecule has 0 saturated heterocycles. The molecule has 0 spiro atoms. The van der Waals surface area contributed by atoms with Gasteiger partial charge in [-0.15, -0.1) is 0 Å². The molecule has 5 nitrogen and oxygen atoms in total. The van der Waals surface area contributed by atoms with Crippen molar-refractivity contribution in [3.63, 3.8) is 0 Å². The summed E-state index contributed by atoms with van der Waals surface area (Å²) >= 11 is 0. The van der Waals surface area contributed by atoms with Gasteiger partial charge in [0.2, 0.25) is 5.91 Å². The summed E-state index contributed by atoms with van der Waals surface area (Å²) in [7, 11) is -3.93. The zero-order valence-electron chi connectivity index (χ0n) is 15.7. The number of carbonyl (C=O) groups is 1. The summed E-state index contributed by atoms with van der Waals surface area (Å²) in [5, 5.41) is 1.46. The van der Waals surface area contributed by atoms with Gasteiger partial charge in [0, 0.05) is 25.0 Å². The molecular weight excluding hydrogens is 410 g/mol. The minimum absolute atomic E-state index is 0.0612. The summed E-state index contributed by atoms with van der Waals surface area (Å²) in [6.07, 6.45) is 5.64. The van der Waals surface area contributed by atoms with E-state index in [0.717, 1.165) is 12.1 Å². The zero-order valence-corrected chi connectivity index (χ0v) is 16.5. The van der Waals surface area contributed by atoms with Gasteiger partial charge in [-0.25, -0.2) is 17.2 Å². The van der Waals surface area contributed by atoms with Gasteiger partial charge < -0.3 is 5.32 Å². The molecule has 1 N–H and O–H groups in total. The second-order valence-electron chi connectivity index (χ2n) is 6.40. The van der Waals surface area contributed by atoms with Gasteiger partial charge in [0.15, 0.2) is 9.84 Å². The van der Waals surface area contributed by atoms with E-state index in [1.165, 1.54) is 60.9 Å². The molecule has 0 bridgehead atoms. The van der Waals surface area contributed by atoms with Crippen molar-refractivity contribution in [3.05, 3.63) is 102 Å². The van der Waals surface area contributed by atoms with E-state index in [-0.39, 0.29) is 17.3 Å². The lowest BCUT2D eigenvalue weighted by molar-refractivity contribution is -0.116. The molecule has 1 heterocycles. The summed E-state index contributed by atoms with van der Waals surface area (Å²) in [6.45, 7) is -0.210. The molecular formula is C22H18F2N2O3S. The van der Waals surface area contributed by atoms with E-state index in [0.29, 0.717) is 11.1 Å². The van der Waals surface area contributed by atoms with Crippen LogP contribution in [-0.4, -0.2) is 25.9 Å². The number of aromatic nitrogens is 1. The van der Waals surface area contributed by atoms with E-state index in [1.54, 1.807) is 12.1 Å². The highest BCUT2D eigenvalue weighted by Crippen LogP contribution is 2.28. The average molecular weight is 428 g/mol. The number of hydrogen-bond acceptors (Lipinski definition) is 4. The Hall–Kier alpha value is -3.39. The van der Waals surface area contributed by atoms with Gasteiger partial charge in [0.05, 0.1) is 4.90 Å². The number of nitrogens with one attached hydrogen (secondary N) is 1. The Bertz CT molecular complexity index is 1130. The van der Waals surface area contributed by atoms with Crippen molar-refractivity contribution >= 4 is 21.8 Å². The Morgan fingerprint density at radius 2 is 1.63 bits per heavy atom. The molecule has 1 amide bonds. The quantitative estimate of drug-likeness (QED) is 0.460. The number of rotatable bonds is 7. The highest BCUT2D eigenvalue weighted by molar-refractivity contribution is 7.91. The van der Waals surface area contributed by atoms with Gasteiger partial charge in [0.1, 0.15) is 16.9 Å². The largest absolute Gasteiger partial charge is 0.351 e. The maximum absolute atomic E-state index is 13.2. The Morgan fingerprint density at radius 3 is 2.23 bits per heavy atom. The first kappa shape index (κ1) is 21.3. The maximum Gasteiger partial charge on any atom is 0.244 e.